The molecule has 0 N–H and O–H groups in total. The molecule has 0 heterocycles. The molecule has 4 heteroatoms. The van der Waals surface area contributed by atoms with Crippen LogP contribution in [0, 0.1) is 125 Å². The Morgan fingerprint density at radius 1 is 0.260 bits per heavy atom. The van der Waals surface area contributed by atoms with E-state index in [0.717, 1.165) is 111 Å². The van der Waals surface area contributed by atoms with Gasteiger partial charge in [-0.05, 0) is 235 Å². The Morgan fingerprint density at radius 2 is 0.480 bits per heavy atom. The number of fused-ring (bicyclic) bond motifs is 2. The van der Waals surface area contributed by atoms with Gasteiger partial charge < -0.3 is 9.47 Å². The quantitative estimate of drug-likeness (QED) is 0.108. The van der Waals surface area contributed by atoms with Crippen LogP contribution >= 0.6 is 0 Å². The summed E-state index contributed by atoms with van der Waals surface area (Å²) >= 11 is 0. The smallest absolute Gasteiger partial charge is 0.344 e. The third kappa shape index (κ3) is 5.17. The van der Waals surface area contributed by atoms with E-state index in [4.69, 9.17) is 9.47 Å². The Labute approximate surface area is 299 Å². The number of carbonyl (C=O) groups is 2. The molecule has 0 amide bonds. The number of hydrogen-bond donors (Lipinski definition) is 0. The number of hydrogen-bond acceptors (Lipinski definition) is 4. The van der Waals surface area contributed by atoms with E-state index in [1.807, 2.05) is 41.5 Å². The molecule has 5 rings (SSSR count). The van der Waals surface area contributed by atoms with Gasteiger partial charge in [-0.25, -0.2) is 9.59 Å². The molecule has 0 fully saturated rings. The fourth-order valence-electron chi connectivity index (χ4n) is 8.59. The van der Waals surface area contributed by atoms with Crippen molar-refractivity contribution in [3.63, 3.8) is 0 Å². The minimum atomic E-state index is -0.315. The highest BCUT2D eigenvalue weighted by Crippen LogP contribution is 2.46. The van der Waals surface area contributed by atoms with Crippen LogP contribution in [0.3, 0.4) is 0 Å². The Bertz CT molecular complexity index is 2140. The summed E-state index contributed by atoms with van der Waals surface area (Å²) in [5.74, 6) is 0.625. The van der Waals surface area contributed by atoms with E-state index in [-0.39, 0.29) is 11.9 Å². The third-order valence-corrected chi connectivity index (χ3v) is 12.8. The maximum absolute atomic E-state index is 14.0. The predicted octanol–water partition coefficient (Wildman–Crippen LogP) is 12.0. The molecule has 0 atom stereocenters. The van der Waals surface area contributed by atoms with Crippen molar-refractivity contribution in [3.05, 3.63) is 111 Å². The van der Waals surface area contributed by atoms with Gasteiger partial charge in [-0.1, -0.05) is 0 Å². The van der Waals surface area contributed by atoms with Gasteiger partial charge in [-0.3, -0.25) is 0 Å². The van der Waals surface area contributed by atoms with Gasteiger partial charge in [0.2, 0.25) is 0 Å². The monoisotopic (exact) mass is 670 g/mol. The molecule has 0 bridgehead atoms. The normalized spacial score (nSPS) is 11.6. The molecular formula is C46H54O4. The average Bonchev–Trinajstić information content (AvgIpc) is 3.07. The van der Waals surface area contributed by atoms with Crippen LogP contribution in [0.1, 0.15) is 121 Å². The van der Waals surface area contributed by atoms with Crippen LogP contribution < -0.4 is 9.47 Å². The number of ether oxygens (including phenoxy) is 2. The summed E-state index contributed by atoms with van der Waals surface area (Å²) in [6.07, 6.45) is 0. The zero-order valence-electron chi connectivity index (χ0n) is 33.6. The Kier molecular flexibility index (Phi) is 9.36. The van der Waals surface area contributed by atoms with E-state index >= 15 is 0 Å². The molecule has 0 unspecified atom stereocenters. The molecule has 5 aromatic carbocycles. The van der Waals surface area contributed by atoms with Crippen LogP contribution in [0.2, 0.25) is 0 Å². The van der Waals surface area contributed by atoms with Gasteiger partial charge in [0.05, 0.1) is 11.1 Å². The van der Waals surface area contributed by atoms with Crippen molar-refractivity contribution in [1.82, 2.24) is 0 Å². The molecule has 4 nitrogen and oxygen atoms in total. The summed E-state index contributed by atoms with van der Waals surface area (Å²) in [7, 11) is 0. The molecule has 0 saturated heterocycles. The molecular weight excluding hydrogens is 617 g/mol. The molecule has 0 radical (unpaired) electrons. The molecule has 0 aromatic heterocycles. The molecule has 5 aromatic rings. The topological polar surface area (TPSA) is 52.6 Å². The predicted molar refractivity (Wildman–Crippen MR) is 210 cm³/mol. The van der Waals surface area contributed by atoms with Crippen molar-refractivity contribution < 1.29 is 19.1 Å². The number of carbonyl (C=O) groups excluding carboxylic acids is 2. The highest BCUT2D eigenvalue weighted by molar-refractivity contribution is 6.12. The first-order chi connectivity index (χ1) is 23.2. The third-order valence-electron chi connectivity index (χ3n) is 12.8. The lowest BCUT2D eigenvalue weighted by molar-refractivity contribution is 0.0721. The largest absolute Gasteiger partial charge is 0.422 e. The number of rotatable bonds is 4. The van der Waals surface area contributed by atoms with Crippen LogP contribution in [-0.4, -0.2) is 11.9 Å². The van der Waals surface area contributed by atoms with Crippen LogP contribution in [0.25, 0.3) is 21.5 Å². The van der Waals surface area contributed by atoms with E-state index in [1.54, 1.807) is 0 Å². The lowest BCUT2D eigenvalue weighted by Gasteiger charge is -2.25. The van der Waals surface area contributed by atoms with Crippen molar-refractivity contribution in [2.45, 2.75) is 125 Å². The summed E-state index contributed by atoms with van der Waals surface area (Å²) in [5, 5.41) is 4.52. The van der Waals surface area contributed by atoms with E-state index < -0.39 is 0 Å². The van der Waals surface area contributed by atoms with Gasteiger partial charge in [0.25, 0.3) is 0 Å². The van der Waals surface area contributed by atoms with Gasteiger partial charge in [0.15, 0.2) is 0 Å². The SMILES string of the molecule is Cc1c(C)c(C)c(C(=O)Oc2c(C)c(C)c3c(C)c4c(C)c(OC(=O)c5c(C)c(C)c(C)c(C)c5C)c(C)c(C)c4c(C)c3c2C)c(C)c1C. The molecule has 0 aliphatic heterocycles. The minimum Gasteiger partial charge on any atom is -0.422 e. The van der Waals surface area contributed by atoms with Gasteiger partial charge in [-0.15, -0.1) is 0 Å². The van der Waals surface area contributed by atoms with Crippen LogP contribution in [-0.2, 0) is 0 Å². The zero-order chi connectivity index (χ0) is 37.6. The van der Waals surface area contributed by atoms with E-state index in [2.05, 4.69) is 83.1 Å². The van der Waals surface area contributed by atoms with Gasteiger partial charge in [0, 0.05) is 11.1 Å². The average molecular weight is 671 g/mol. The Balaban J connectivity index is 1.74. The summed E-state index contributed by atoms with van der Waals surface area (Å²) in [4.78, 5) is 28.0. The van der Waals surface area contributed by atoms with Crippen molar-refractivity contribution in [3.8, 4) is 11.5 Å². The maximum Gasteiger partial charge on any atom is 0.344 e. The lowest BCUT2D eigenvalue weighted by atomic mass is 9.82. The van der Waals surface area contributed by atoms with Crippen molar-refractivity contribution in [2.24, 2.45) is 0 Å². The van der Waals surface area contributed by atoms with Gasteiger partial charge in [0.1, 0.15) is 11.5 Å². The highest BCUT2D eigenvalue weighted by Gasteiger charge is 2.28. The van der Waals surface area contributed by atoms with Crippen LogP contribution in [0.4, 0.5) is 0 Å². The molecule has 0 saturated carbocycles. The standard InChI is InChI=1S/C46H54O4/c1-19-21(3)25(7)41(26(8)22(19)4)45(47)49-43-31(13)29(11)37-34(16)40-36(18)44(32(14)30(12)38(40)33(15)39(37)35(43)17)50-46(48)42-27(9)23(5)20(2)24(6)28(42)10/h1-18H3. The summed E-state index contributed by atoms with van der Waals surface area (Å²) < 4.78 is 12.8. The fourth-order valence-corrected chi connectivity index (χ4v) is 8.59. The van der Waals surface area contributed by atoms with Crippen molar-refractivity contribution in [1.29, 1.82) is 0 Å². The van der Waals surface area contributed by atoms with Crippen molar-refractivity contribution in [2.75, 3.05) is 0 Å². The summed E-state index contributed by atoms with van der Waals surface area (Å²) in [6.45, 7) is 37.4. The van der Waals surface area contributed by atoms with E-state index in [9.17, 15) is 9.59 Å². The number of aryl methyl sites for hydroxylation is 6. The number of benzene rings is 5. The Morgan fingerprint density at radius 3 is 0.740 bits per heavy atom. The molecule has 50 heavy (non-hydrogen) atoms. The molecule has 262 valence electrons. The zero-order valence-corrected chi connectivity index (χ0v) is 33.6. The Hall–Kier alpha value is -4.44. The lowest BCUT2D eigenvalue weighted by Crippen LogP contribution is -2.17. The maximum atomic E-state index is 14.0. The summed E-state index contributed by atoms with van der Waals surface area (Å²) in [6, 6.07) is 0. The highest BCUT2D eigenvalue weighted by atomic mass is 16.5. The van der Waals surface area contributed by atoms with Crippen molar-refractivity contribution >= 4 is 33.5 Å². The summed E-state index contributed by atoms with van der Waals surface area (Å²) in [5.41, 5.74) is 20.3. The second-order valence-corrected chi connectivity index (χ2v) is 14.9. The molecule has 0 aliphatic carbocycles. The van der Waals surface area contributed by atoms with E-state index in [1.165, 1.54) is 11.1 Å². The first-order valence-electron chi connectivity index (χ1n) is 17.7. The minimum absolute atomic E-state index is 0.315. The first-order valence-corrected chi connectivity index (χ1v) is 17.7. The number of esters is 2. The first kappa shape index (κ1) is 36.8. The van der Waals surface area contributed by atoms with Crippen LogP contribution in [0.5, 0.6) is 11.5 Å². The van der Waals surface area contributed by atoms with Gasteiger partial charge >= 0.3 is 11.9 Å². The van der Waals surface area contributed by atoms with Gasteiger partial charge in [-0.2, -0.15) is 0 Å². The second-order valence-electron chi connectivity index (χ2n) is 14.9. The van der Waals surface area contributed by atoms with Crippen LogP contribution in [0.15, 0.2) is 0 Å². The second kappa shape index (κ2) is 12.7. The fraction of sp³-hybridized carbons (Fsp3) is 0.391. The van der Waals surface area contributed by atoms with E-state index in [0.29, 0.717) is 22.6 Å². The molecule has 0 spiro atoms. The molecule has 0 aliphatic rings.